The molecule has 2 rings (SSSR count). The summed E-state index contributed by atoms with van der Waals surface area (Å²) >= 11 is 0. The van der Waals surface area contributed by atoms with Gasteiger partial charge >= 0.3 is 0 Å². The number of benzene rings is 2. The number of amides is 1. The monoisotopic (exact) mass is 241 g/mol. The van der Waals surface area contributed by atoms with Gasteiger partial charge in [0.1, 0.15) is 0 Å². The highest BCUT2D eigenvalue weighted by molar-refractivity contribution is 6.09. The summed E-state index contributed by atoms with van der Waals surface area (Å²) in [6.45, 7) is 1.84. The number of hydrogen-bond acceptors (Lipinski definition) is 3. The Morgan fingerprint density at radius 2 is 1.72 bits per heavy atom. The lowest BCUT2D eigenvalue weighted by Gasteiger charge is -2.18. The van der Waals surface area contributed by atoms with Crippen LogP contribution in [0.3, 0.4) is 0 Å². The highest BCUT2D eigenvalue weighted by Gasteiger charge is 2.18. The SMILES string of the molecule is Cc1cccc(N)c1C(=O)N(N)c1ccccc1. The predicted octanol–water partition coefficient (Wildman–Crippen LogP) is 2.10. The van der Waals surface area contributed by atoms with Crippen molar-refractivity contribution in [2.24, 2.45) is 5.84 Å². The number of anilines is 2. The van der Waals surface area contributed by atoms with E-state index in [1.807, 2.05) is 37.3 Å². The van der Waals surface area contributed by atoms with Gasteiger partial charge in [-0.1, -0.05) is 30.3 Å². The van der Waals surface area contributed by atoms with Crippen molar-refractivity contribution in [1.29, 1.82) is 0 Å². The largest absolute Gasteiger partial charge is 0.398 e. The lowest BCUT2D eigenvalue weighted by atomic mass is 10.1. The molecule has 4 N–H and O–H groups in total. The van der Waals surface area contributed by atoms with Crippen molar-refractivity contribution in [3.63, 3.8) is 0 Å². The fourth-order valence-electron chi connectivity index (χ4n) is 1.81. The van der Waals surface area contributed by atoms with Crippen LogP contribution >= 0.6 is 0 Å². The standard InChI is InChI=1S/C14H15N3O/c1-10-6-5-9-12(15)13(10)14(18)17(16)11-7-3-2-4-8-11/h2-9H,15-16H2,1H3. The summed E-state index contributed by atoms with van der Waals surface area (Å²) in [6, 6.07) is 14.4. The van der Waals surface area contributed by atoms with E-state index >= 15 is 0 Å². The third-order valence-corrected chi connectivity index (χ3v) is 2.77. The van der Waals surface area contributed by atoms with Crippen molar-refractivity contribution in [2.75, 3.05) is 10.7 Å². The molecule has 0 heterocycles. The molecule has 0 fully saturated rings. The first-order valence-corrected chi connectivity index (χ1v) is 5.60. The maximum atomic E-state index is 12.3. The highest BCUT2D eigenvalue weighted by atomic mass is 16.2. The lowest BCUT2D eigenvalue weighted by molar-refractivity contribution is 0.0987. The van der Waals surface area contributed by atoms with Crippen molar-refractivity contribution in [2.45, 2.75) is 6.92 Å². The first kappa shape index (κ1) is 12.1. The minimum absolute atomic E-state index is 0.309. The number of para-hydroxylation sites is 1. The zero-order chi connectivity index (χ0) is 13.1. The summed E-state index contributed by atoms with van der Waals surface area (Å²) in [5.41, 5.74) is 8.16. The van der Waals surface area contributed by atoms with Crippen LogP contribution in [0.2, 0.25) is 0 Å². The number of nitrogen functional groups attached to an aromatic ring is 1. The van der Waals surface area contributed by atoms with Gasteiger partial charge in [-0.05, 0) is 30.7 Å². The summed E-state index contributed by atoms with van der Waals surface area (Å²) in [5, 5.41) is 1.11. The van der Waals surface area contributed by atoms with E-state index in [0.29, 0.717) is 16.9 Å². The Kier molecular flexibility index (Phi) is 3.30. The molecule has 2 aromatic rings. The Labute approximate surface area is 106 Å². The van der Waals surface area contributed by atoms with Crippen molar-refractivity contribution in [3.8, 4) is 0 Å². The number of aryl methyl sites for hydroxylation is 1. The molecule has 0 aromatic heterocycles. The zero-order valence-electron chi connectivity index (χ0n) is 10.1. The number of carbonyl (C=O) groups is 1. The molecule has 0 spiro atoms. The van der Waals surface area contributed by atoms with Crippen molar-refractivity contribution in [1.82, 2.24) is 0 Å². The Balaban J connectivity index is 2.38. The van der Waals surface area contributed by atoms with Gasteiger partial charge in [0.2, 0.25) is 0 Å². The molecule has 4 nitrogen and oxygen atoms in total. The molecule has 0 saturated heterocycles. The average molecular weight is 241 g/mol. The Morgan fingerprint density at radius 3 is 2.33 bits per heavy atom. The van der Waals surface area contributed by atoms with Gasteiger partial charge in [-0.2, -0.15) is 0 Å². The van der Waals surface area contributed by atoms with Crippen LogP contribution in [-0.4, -0.2) is 5.91 Å². The van der Waals surface area contributed by atoms with Crippen molar-refractivity contribution < 1.29 is 4.79 Å². The molecule has 2 aromatic carbocycles. The Morgan fingerprint density at radius 1 is 1.06 bits per heavy atom. The van der Waals surface area contributed by atoms with E-state index in [9.17, 15) is 4.79 Å². The zero-order valence-corrected chi connectivity index (χ0v) is 10.1. The molecule has 0 unspecified atom stereocenters. The number of hydrogen-bond donors (Lipinski definition) is 2. The number of hydrazine groups is 1. The average Bonchev–Trinajstić information content (AvgIpc) is 2.38. The highest BCUT2D eigenvalue weighted by Crippen LogP contribution is 2.20. The number of nitrogens with zero attached hydrogens (tertiary/aromatic N) is 1. The van der Waals surface area contributed by atoms with E-state index < -0.39 is 0 Å². The second-order valence-corrected chi connectivity index (χ2v) is 4.05. The fraction of sp³-hybridized carbons (Fsp3) is 0.0714. The van der Waals surface area contributed by atoms with Gasteiger partial charge in [0.05, 0.1) is 11.3 Å². The third-order valence-electron chi connectivity index (χ3n) is 2.77. The minimum atomic E-state index is -0.309. The predicted molar refractivity (Wildman–Crippen MR) is 73.0 cm³/mol. The van der Waals surface area contributed by atoms with Crippen LogP contribution in [0.25, 0.3) is 0 Å². The molecular weight excluding hydrogens is 226 g/mol. The van der Waals surface area contributed by atoms with Crippen molar-refractivity contribution >= 4 is 17.3 Å². The van der Waals surface area contributed by atoms with E-state index in [1.54, 1.807) is 18.2 Å². The topological polar surface area (TPSA) is 72.4 Å². The van der Waals surface area contributed by atoms with Gasteiger partial charge in [-0.15, -0.1) is 0 Å². The van der Waals surface area contributed by atoms with Crippen LogP contribution in [-0.2, 0) is 0 Å². The maximum Gasteiger partial charge on any atom is 0.274 e. The number of nitrogens with two attached hydrogens (primary N) is 2. The van der Waals surface area contributed by atoms with Gasteiger partial charge in [0, 0.05) is 5.69 Å². The number of rotatable bonds is 2. The normalized spacial score (nSPS) is 10.1. The molecule has 0 bridgehead atoms. The molecule has 0 aliphatic heterocycles. The van der Waals surface area contributed by atoms with Crippen molar-refractivity contribution in [3.05, 3.63) is 59.7 Å². The van der Waals surface area contributed by atoms with Gasteiger partial charge in [-0.3, -0.25) is 4.79 Å². The van der Waals surface area contributed by atoms with E-state index in [2.05, 4.69) is 0 Å². The molecule has 0 saturated carbocycles. The van der Waals surface area contributed by atoms with Crippen LogP contribution in [0, 0.1) is 6.92 Å². The second-order valence-electron chi connectivity index (χ2n) is 4.05. The second kappa shape index (κ2) is 4.89. The summed E-state index contributed by atoms with van der Waals surface area (Å²) in [5.74, 6) is 5.53. The summed E-state index contributed by atoms with van der Waals surface area (Å²) < 4.78 is 0. The van der Waals surface area contributed by atoms with Crippen LogP contribution in [0.1, 0.15) is 15.9 Å². The smallest absolute Gasteiger partial charge is 0.274 e. The summed E-state index contributed by atoms with van der Waals surface area (Å²) in [7, 11) is 0. The maximum absolute atomic E-state index is 12.3. The van der Waals surface area contributed by atoms with Gasteiger partial charge in [0.25, 0.3) is 5.91 Å². The fourth-order valence-corrected chi connectivity index (χ4v) is 1.81. The quantitative estimate of drug-likeness (QED) is 0.366. The molecule has 18 heavy (non-hydrogen) atoms. The molecule has 0 atom stereocenters. The third kappa shape index (κ3) is 2.19. The van der Waals surface area contributed by atoms with Gasteiger partial charge in [0.15, 0.2) is 0 Å². The van der Waals surface area contributed by atoms with Gasteiger partial charge in [-0.25, -0.2) is 10.9 Å². The van der Waals surface area contributed by atoms with E-state index in [-0.39, 0.29) is 5.91 Å². The molecular formula is C14H15N3O. The first-order valence-electron chi connectivity index (χ1n) is 5.60. The van der Waals surface area contributed by atoms with Crippen LogP contribution < -0.4 is 16.6 Å². The number of carbonyl (C=O) groups excluding carboxylic acids is 1. The molecule has 0 aliphatic carbocycles. The van der Waals surface area contributed by atoms with Crippen LogP contribution in [0.5, 0.6) is 0 Å². The van der Waals surface area contributed by atoms with E-state index in [4.69, 9.17) is 11.6 Å². The lowest BCUT2D eigenvalue weighted by Crippen LogP contribution is -2.38. The molecule has 0 radical (unpaired) electrons. The summed E-state index contributed by atoms with van der Waals surface area (Å²) in [6.07, 6.45) is 0. The van der Waals surface area contributed by atoms with Crippen LogP contribution in [0.15, 0.2) is 48.5 Å². The molecule has 0 aliphatic rings. The van der Waals surface area contributed by atoms with Crippen LogP contribution in [0.4, 0.5) is 11.4 Å². The molecule has 1 amide bonds. The first-order chi connectivity index (χ1) is 8.61. The minimum Gasteiger partial charge on any atom is -0.398 e. The molecule has 4 heteroatoms. The van der Waals surface area contributed by atoms with E-state index in [1.165, 1.54) is 0 Å². The molecule has 92 valence electrons. The van der Waals surface area contributed by atoms with E-state index in [0.717, 1.165) is 10.6 Å². The Bertz CT molecular complexity index is 546. The Hall–Kier alpha value is -2.33. The summed E-state index contributed by atoms with van der Waals surface area (Å²) in [4.78, 5) is 12.3. The van der Waals surface area contributed by atoms with Gasteiger partial charge < -0.3 is 5.73 Å².